The first-order valence-electron chi connectivity index (χ1n) is 7.03. The van der Waals surface area contributed by atoms with Crippen molar-refractivity contribution in [3.05, 3.63) is 35.4 Å². The van der Waals surface area contributed by atoms with Crippen molar-refractivity contribution in [1.82, 2.24) is 4.90 Å². The molecule has 112 valence electrons. The fraction of sp³-hybridized carbons (Fsp3) is 0.600. The predicted octanol–water partition coefficient (Wildman–Crippen LogP) is 2.32. The van der Waals surface area contributed by atoms with Crippen molar-refractivity contribution < 1.29 is 13.5 Å². The van der Waals surface area contributed by atoms with Crippen LogP contribution in [0.4, 0.5) is 8.78 Å². The summed E-state index contributed by atoms with van der Waals surface area (Å²) in [5.74, 6) is -0.537. The molecule has 0 aromatic heterocycles. The SMILES string of the molecule is CN(CC1CCOCC1)CC(N)c1ccc(F)cc1F. The van der Waals surface area contributed by atoms with Gasteiger partial charge in [0.25, 0.3) is 0 Å². The Kier molecular flexibility index (Phi) is 5.46. The smallest absolute Gasteiger partial charge is 0.130 e. The molecule has 0 radical (unpaired) electrons. The summed E-state index contributed by atoms with van der Waals surface area (Å²) in [4.78, 5) is 2.11. The van der Waals surface area contributed by atoms with Crippen molar-refractivity contribution in [2.45, 2.75) is 18.9 Å². The molecule has 1 aliphatic rings. The van der Waals surface area contributed by atoms with Crippen molar-refractivity contribution in [3.8, 4) is 0 Å². The molecule has 0 saturated carbocycles. The molecule has 20 heavy (non-hydrogen) atoms. The summed E-state index contributed by atoms with van der Waals surface area (Å²) >= 11 is 0. The van der Waals surface area contributed by atoms with Crippen LogP contribution in [-0.2, 0) is 4.74 Å². The number of rotatable bonds is 5. The van der Waals surface area contributed by atoms with E-state index in [0.29, 0.717) is 18.0 Å². The van der Waals surface area contributed by atoms with Crippen LogP contribution in [0.5, 0.6) is 0 Å². The van der Waals surface area contributed by atoms with Crippen molar-refractivity contribution in [1.29, 1.82) is 0 Å². The first kappa shape index (κ1) is 15.4. The van der Waals surface area contributed by atoms with E-state index in [9.17, 15) is 8.78 Å². The van der Waals surface area contributed by atoms with Gasteiger partial charge in [-0.05, 0) is 31.9 Å². The molecular weight excluding hydrogens is 262 g/mol. The molecule has 3 nitrogen and oxygen atoms in total. The number of nitrogens with zero attached hydrogens (tertiary/aromatic N) is 1. The van der Waals surface area contributed by atoms with Crippen LogP contribution in [-0.4, -0.2) is 38.3 Å². The highest BCUT2D eigenvalue weighted by atomic mass is 19.1. The standard InChI is InChI=1S/C15H22F2N2O/c1-19(9-11-4-6-20-7-5-11)10-15(18)13-3-2-12(16)8-14(13)17/h2-3,8,11,15H,4-7,9-10,18H2,1H3. The van der Waals surface area contributed by atoms with Crippen LogP contribution in [0.1, 0.15) is 24.4 Å². The summed E-state index contributed by atoms with van der Waals surface area (Å²) < 4.78 is 31.9. The van der Waals surface area contributed by atoms with Gasteiger partial charge in [-0.1, -0.05) is 6.07 Å². The Bertz CT molecular complexity index is 436. The van der Waals surface area contributed by atoms with Crippen LogP contribution < -0.4 is 5.73 Å². The Labute approximate surface area is 118 Å². The molecule has 0 spiro atoms. The quantitative estimate of drug-likeness (QED) is 0.902. The highest BCUT2D eigenvalue weighted by Gasteiger charge is 2.19. The second-order valence-corrected chi connectivity index (χ2v) is 5.55. The molecule has 1 heterocycles. The van der Waals surface area contributed by atoms with Gasteiger partial charge in [-0.15, -0.1) is 0 Å². The third kappa shape index (κ3) is 4.23. The third-order valence-corrected chi connectivity index (χ3v) is 3.78. The number of likely N-dealkylation sites (N-methyl/N-ethyl adjacent to an activating group) is 1. The van der Waals surface area contributed by atoms with Gasteiger partial charge in [0.15, 0.2) is 0 Å². The Balaban J connectivity index is 1.87. The average molecular weight is 284 g/mol. The van der Waals surface area contributed by atoms with Gasteiger partial charge >= 0.3 is 0 Å². The molecule has 1 aliphatic heterocycles. The molecule has 5 heteroatoms. The number of benzene rings is 1. The molecule has 1 fully saturated rings. The van der Waals surface area contributed by atoms with Crippen LogP contribution in [0.2, 0.25) is 0 Å². The molecule has 2 N–H and O–H groups in total. The van der Waals surface area contributed by atoms with Gasteiger partial charge in [0, 0.05) is 44.0 Å². The van der Waals surface area contributed by atoms with Gasteiger partial charge in [0.1, 0.15) is 11.6 Å². The third-order valence-electron chi connectivity index (χ3n) is 3.78. The second kappa shape index (κ2) is 7.11. The Morgan fingerprint density at radius 2 is 2.05 bits per heavy atom. The van der Waals surface area contributed by atoms with E-state index in [1.54, 1.807) is 0 Å². The zero-order valence-electron chi connectivity index (χ0n) is 11.8. The van der Waals surface area contributed by atoms with E-state index in [1.807, 2.05) is 7.05 Å². The summed E-state index contributed by atoms with van der Waals surface area (Å²) in [6.45, 7) is 3.12. The Hall–Kier alpha value is -1.04. The number of hydrogen-bond acceptors (Lipinski definition) is 3. The van der Waals surface area contributed by atoms with Gasteiger partial charge in [-0.25, -0.2) is 8.78 Å². The predicted molar refractivity (Wildman–Crippen MR) is 74.3 cm³/mol. The van der Waals surface area contributed by atoms with Gasteiger partial charge in [0.2, 0.25) is 0 Å². The fourth-order valence-corrected chi connectivity index (χ4v) is 2.68. The van der Waals surface area contributed by atoms with Gasteiger partial charge in [0.05, 0.1) is 0 Å². The number of ether oxygens (including phenoxy) is 1. The molecule has 1 atom stereocenters. The van der Waals surface area contributed by atoms with Gasteiger partial charge in [-0.3, -0.25) is 0 Å². The topological polar surface area (TPSA) is 38.5 Å². The Morgan fingerprint density at radius 3 is 2.70 bits per heavy atom. The van der Waals surface area contributed by atoms with Gasteiger partial charge in [-0.2, -0.15) is 0 Å². The summed E-state index contributed by atoms with van der Waals surface area (Å²) in [6, 6.07) is 3.11. The van der Waals surface area contributed by atoms with E-state index in [4.69, 9.17) is 10.5 Å². The van der Waals surface area contributed by atoms with Crippen molar-refractivity contribution in [2.75, 3.05) is 33.4 Å². The first-order chi connectivity index (χ1) is 9.56. The molecular formula is C15H22F2N2O. The lowest BCUT2D eigenvalue weighted by Crippen LogP contribution is -2.35. The summed E-state index contributed by atoms with van der Waals surface area (Å²) in [6.07, 6.45) is 2.12. The fourth-order valence-electron chi connectivity index (χ4n) is 2.68. The van der Waals surface area contributed by atoms with Crippen LogP contribution in [0.3, 0.4) is 0 Å². The molecule has 1 saturated heterocycles. The van der Waals surface area contributed by atoms with Crippen molar-refractivity contribution in [2.24, 2.45) is 11.7 Å². The molecule has 0 amide bonds. The van der Waals surface area contributed by atoms with Crippen LogP contribution in [0.15, 0.2) is 18.2 Å². The monoisotopic (exact) mass is 284 g/mol. The zero-order valence-corrected chi connectivity index (χ0v) is 11.8. The van der Waals surface area contributed by atoms with E-state index in [2.05, 4.69) is 4.90 Å². The Morgan fingerprint density at radius 1 is 1.35 bits per heavy atom. The lowest BCUT2D eigenvalue weighted by atomic mass is 9.99. The average Bonchev–Trinajstić information content (AvgIpc) is 2.39. The van der Waals surface area contributed by atoms with Crippen molar-refractivity contribution >= 4 is 0 Å². The van der Waals surface area contributed by atoms with Crippen LogP contribution in [0, 0.1) is 17.6 Å². The number of hydrogen-bond donors (Lipinski definition) is 1. The largest absolute Gasteiger partial charge is 0.381 e. The minimum Gasteiger partial charge on any atom is -0.381 e. The summed E-state index contributed by atoms with van der Waals surface area (Å²) in [5, 5.41) is 0. The first-order valence-corrected chi connectivity index (χ1v) is 7.03. The lowest BCUT2D eigenvalue weighted by Gasteiger charge is -2.28. The van der Waals surface area contributed by atoms with Crippen LogP contribution in [0.25, 0.3) is 0 Å². The van der Waals surface area contributed by atoms with Crippen molar-refractivity contribution in [3.63, 3.8) is 0 Å². The molecule has 1 aromatic carbocycles. The number of nitrogens with two attached hydrogens (primary N) is 1. The second-order valence-electron chi connectivity index (χ2n) is 5.55. The zero-order chi connectivity index (χ0) is 14.5. The molecule has 1 aromatic rings. The van der Waals surface area contributed by atoms with E-state index in [-0.39, 0.29) is 0 Å². The van der Waals surface area contributed by atoms with E-state index in [0.717, 1.165) is 38.7 Å². The highest BCUT2D eigenvalue weighted by molar-refractivity contribution is 5.22. The summed E-state index contributed by atoms with van der Waals surface area (Å²) in [5.41, 5.74) is 6.39. The van der Waals surface area contributed by atoms with Gasteiger partial charge < -0.3 is 15.4 Å². The molecule has 0 bridgehead atoms. The number of halogens is 2. The lowest BCUT2D eigenvalue weighted by molar-refractivity contribution is 0.0551. The van der Waals surface area contributed by atoms with E-state index < -0.39 is 17.7 Å². The highest BCUT2D eigenvalue weighted by Crippen LogP contribution is 2.19. The van der Waals surface area contributed by atoms with Crippen LogP contribution >= 0.6 is 0 Å². The van der Waals surface area contributed by atoms with E-state index in [1.165, 1.54) is 12.1 Å². The minimum atomic E-state index is -0.575. The van der Waals surface area contributed by atoms with E-state index >= 15 is 0 Å². The summed E-state index contributed by atoms with van der Waals surface area (Å²) in [7, 11) is 1.98. The normalized spacial score (nSPS) is 18.4. The molecule has 1 unspecified atom stereocenters. The maximum atomic E-state index is 13.7. The maximum absolute atomic E-state index is 13.7. The maximum Gasteiger partial charge on any atom is 0.130 e. The molecule has 2 rings (SSSR count). The molecule has 0 aliphatic carbocycles. The minimum absolute atomic E-state index is 0.366.